The Labute approximate surface area is 128 Å². The number of hydrogen-bond donors (Lipinski definition) is 2. The van der Waals surface area contributed by atoms with E-state index in [1.54, 1.807) is 12.3 Å². The van der Waals surface area contributed by atoms with Gasteiger partial charge in [0.05, 0.1) is 12.3 Å². The quantitative estimate of drug-likeness (QED) is 0.679. The monoisotopic (exact) mass is 314 g/mol. The van der Waals surface area contributed by atoms with Gasteiger partial charge in [0.25, 0.3) is 0 Å². The zero-order valence-corrected chi connectivity index (χ0v) is 13.2. The van der Waals surface area contributed by atoms with Gasteiger partial charge in [-0.3, -0.25) is 9.59 Å². The zero-order valence-electron chi connectivity index (χ0n) is 12.4. The van der Waals surface area contributed by atoms with E-state index in [1.165, 1.54) is 11.3 Å². The molecule has 0 amide bonds. The second-order valence-corrected chi connectivity index (χ2v) is 5.76. The largest absolute Gasteiger partial charge is 0.481 e. The molecule has 7 heteroatoms. The number of nitrogen functional groups attached to an aromatic ring is 1. The van der Waals surface area contributed by atoms with E-state index in [0.29, 0.717) is 17.2 Å². The number of anilines is 1. The molecule has 0 saturated carbocycles. The fourth-order valence-electron chi connectivity index (χ4n) is 2.27. The number of carbonyl (C=O) groups is 2. The number of aromatic nitrogens is 1. The minimum atomic E-state index is -1.02. The van der Waals surface area contributed by atoms with E-state index in [1.807, 2.05) is 6.92 Å². The van der Waals surface area contributed by atoms with Crippen molar-refractivity contribution in [3.05, 3.63) is 11.1 Å². The molecule has 0 bridgehead atoms. The van der Waals surface area contributed by atoms with E-state index >= 15 is 0 Å². The number of unbranched alkanes of at least 4 members (excludes halogenated alkanes) is 1. The van der Waals surface area contributed by atoms with Gasteiger partial charge in [0, 0.05) is 11.8 Å². The normalized spacial score (nSPS) is 13.6. The average molecular weight is 314 g/mol. The van der Waals surface area contributed by atoms with Crippen LogP contribution in [-0.2, 0) is 19.7 Å². The Kier molecular flexibility index (Phi) is 6.61. The fourth-order valence-corrected chi connectivity index (χ4v) is 2.93. The van der Waals surface area contributed by atoms with Crippen molar-refractivity contribution in [1.29, 1.82) is 0 Å². The van der Waals surface area contributed by atoms with Crippen LogP contribution < -0.4 is 5.73 Å². The lowest BCUT2D eigenvalue weighted by Gasteiger charge is -2.29. The minimum Gasteiger partial charge on any atom is -0.481 e. The molecule has 1 aromatic rings. The van der Waals surface area contributed by atoms with Crippen LogP contribution in [-0.4, -0.2) is 28.6 Å². The molecule has 3 N–H and O–H groups in total. The smallest absolute Gasteiger partial charge is 0.318 e. The molecule has 1 rings (SSSR count). The number of nitrogens with zero attached hydrogens (tertiary/aromatic N) is 1. The number of carbonyl (C=O) groups excluding carboxylic acids is 1. The molecule has 1 heterocycles. The number of carboxylic acid groups (broad SMARTS) is 1. The maximum absolute atomic E-state index is 12.5. The molecule has 1 aromatic heterocycles. The van der Waals surface area contributed by atoms with Gasteiger partial charge >= 0.3 is 11.9 Å². The first kappa shape index (κ1) is 17.4. The summed E-state index contributed by atoms with van der Waals surface area (Å²) in [5, 5.41) is 11.1. The van der Waals surface area contributed by atoms with Crippen molar-refractivity contribution in [2.24, 2.45) is 0 Å². The third kappa shape index (κ3) is 4.42. The number of hydrogen-bond acceptors (Lipinski definition) is 6. The minimum absolute atomic E-state index is 0.111. The summed E-state index contributed by atoms with van der Waals surface area (Å²) in [6.07, 6.45) is 2.26. The topological polar surface area (TPSA) is 103 Å². The second kappa shape index (κ2) is 7.97. The van der Waals surface area contributed by atoms with Gasteiger partial charge in [0.2, 0.25) is 0 Å². The first-order chi connectivity index (χ1) is 9.96. The Morgan fingerprint density at radius 1 is 1.43 bits per heavy atom. The van der Waals surface area contributed by atoms with Crippen molar-refractivity contribution in [3.63, 3.8) is 0 Å². The summed E-state index contributed by atoms with van der Waals surface area (Å²) >= 11 is 1.25. The number of ether oxygens (including phenoxy) is 1. The highest BCUT2D eigenvalue weighted by atomic mass is 32.1. The van der Waals surface area contributed by atoms with Crippen molar-refractivity contribution < 1.29 is 19.4 Å². The molecule has 6 nitrogen and oxygen atoms in total. The summed E-state index contributed by atoms with van der Waals surface area (Å²) in [5.41, 5.74) is 5.18. The molecule has 118 valence electrons. The van der Waals surface area contributed by atoms with Crippen LogP contribution in [0.5, 0.6) is 0 Å². The molecule has 0 spiro atoms. The van der Waals surface area contributed by atoms with Crippen LogP contribution in [0.25, 0.3) is 0 Å². The van der Waals surface area contributed by atoms with Crippen molar-refractivity contribution in [1.82, 2.24) is 4.98 Å². The molecule has 0 radical (unpaired) electrons. The number of thiazole rings is 1. The van der Waals surface area contributed by atoms with Crippen LogP contribution >= 0.6 is 11.3 Å². The summed E-state index contributed by atoms with van der Waals surface area (Å²) in [4.78, 5) is 27.7. The van der Waals surface area contributed by atoms with Crippen LogP contribution in [0.1, 0.15) is 51.6 Å². The van der Waals surface area contributed by atoms with Gasteiger partial charge in [-0.2, -0.15) is 0 Å². The van der Waals surface area contributed by atoms with Gasteiger partial charge in [-0.25, -0.2) is 4.98 Å². The lowest BCUT2D eigenvalue weighted by molar-refractivity contribution is -0.151. The Hall–Kier alpha value is -1.63. The van der Waals surface area contributed by atoms with Crippen LogP contribution in [0.15, 0.2) is 5.38 Å². The first-order valence-electron chi connectivity index (χ1n) is 7.06. The summed E-state index contributed by atoms with van der Waals surface area (Å²) in [6, 6.07) is 0. The van der Waals surface area contributed by atoms with Crippen LogP contribution in [0.3, 0.4) is 0 Å². The fraction of sp³-hybridized carbons (Fsp3) is 0.643. The number of rotatable bonds is 9. The van der Waals surface area contributed by atoms with Gasteiger partial charge < -0.3 is 15.6 Å². The Balaban J connectivity index is 3.18. The molecular weight excluding hydrogens is 292 g/mol. The number of carboxylic acids is 1. The molecule has 0 saturated heterocycles. The van der Waals surface area contributed by atoms with Gasteiger partial charge in [-0.15, -0.1) is 11.3 Å². The highest BCUT2D eigenvalue weighted by Gasteiger charge is 2.43. The number of nitrogens with two attached hydrogens (primary N) is 1. The summed E-state index contributed by atoms with van der Waals surface area (Å²) in [7, 11) is 0. The summed E-state index contributed by atoms with van der Waals surface area (Å²) < 4.78 is 5.19. The number of aliphatic carboxylic acids is 1. The Morgan fingerprint density at radius 3 is 2.62 bits per heavy atom. The van der Waals surface area contributed by atoms with Gasteiger partial charge in [-0.05, 0) is 19.8 Å². The lowest BCUT2D eigenvalue weighted by Crippen LogP contribution is -2.38. The van der Waals surface area contributed by atoms with E-state index in [2.05, 4.69) is 4.98 Å². The van der Waals surface area contributed by atoms with E-state index < -0.39 is 17.4 Å². The molecule has 21 heavy (non-hydrogen) atoms. The maximum Gasteiger partial charge on any atom is 0.318 e. The molecule has 0 aliphatic rings. The highest BCUT2D eigenvalue weighted by molar-refractivity contribution is 7.13. The van der Waals surface area contributed by atoms with Crippen molar-refractivity contribution in [2.75, 3.05) is 12.3 Å². The molecule has 1 atom stereocenters. The average Bonchev–Trinajstić information content (AvgIpc) is 2.86. The van der Waals surface area contributed by atoms with Crippen molar-refractivity contribution in [3.8, 4) is 0 Å². The first-order valence-corrected chi connectivity index (χ1v) is 7.94. The van der Waals surface area contributed by atoms with Gasteiger partial charge in [0.1, 0.15) is 5.41 Å². The molecule has 0 aliphatic carbocycles. The standard InChI is InChI=1S/C14H22N2O4S/c1-3-5-7-14(8-6-11(17)18,12(19)20-4-2)10-9-21-13(15)16-10/h9H,3-8H2,1-2H3,(H2,15,16)(H,17,18)/t14-/m1/s1. The second-order valence-electron chi connectivity index (χ2n) is 4.87. The Bertz CT molecular complexity index is 489. The third-order valence-electron chi connectivity index (χ3n) is 3.40. The molecule has 0 unspecified atom stereocenters. The van der Waals surface area contributed by atoms with E-state index in [0.717, 1.165) is 12.8 Å². The van der Waals surface area contributed by atoms with Crippen LogP contribution in [0.4, 0.5) is 5.13 Å². The van der Waals surface area contributed by atoms with Crippen molar-refractivity contribution >= 4 is 28.4 Å². The van der Waals surface area contributed by atoms with Gasteiger partial charge in [0.15, 0.2) is 5.13 Å². The molecule has 0 aliphatic heterocycles. The van der Waals surface area contributed by atoms with Gasteiger partial charge in [-0.1, -0.05) is 19.8 Å². The van der Waals surface area contributed by atoms with Crippen LogP contribution in [0.2, 0.25) is 0 Å². The highest BCUT2D eigenvalue weighted by Crippen LogP contribution is 2.37. The molecule has 0 fully saturated rings. The maximum atomic E-state index is 12.5. The van der Waals surface area contributed by atoms with E-state index in [9.17, 15) is 9.59 Å². The predicted molar refractivity (Wildman–Crippen MR) is 81.2 cm³/mol. The van der Waals surface area contributed by atoms with Crippen molar-refractivity contribution in [2.45, 2.75) is 51.4 Å². The lowest BCUT2D eigenvalue weighted by atomic mass is 9.76. The molecular formula is C14H22N2O4S. The summed E-state index contributed by atoms with van der Waals surface area (Å²) in [5.74, 6) is -1.35. The van der Waals surface area contributed by atoms with Crippen LogP contribution in [0, 0.1) is 0 Å². The third-order valence-corrected chi connectivity index (χ3v) is 4.08. The number of esters is 1. The Morgan fingerprint density at radius 2 is 2.14 bits per heavy atom. The SMILES string of the molecule is CCCC[C@](CCC(=O)O)(C(=O)OCC)c1csc(N)n1. The van der Waals surface area contributed by atoms with E-state index in [4.69, 9.17) is 15.6 Å². The summed E-state index contributed by atoms with van der Waals surface area (Å²) in [6.45, 7) is 4.00. The zero-order chi connectivity index (χ0) is 15.9. The van der Waals surface area contributed by atoms with E-state index in [-0.39, 0.29) is 19.4 Å². The molecule has 0 aromatic carbocycles. The predicted octanol–water partition coefficient (Wildman–Crippen LogP) is 2.58.